The molecule has 0 saturated heterocycles. The maximum atomic E-state index is 4.44. The van der Waals surface area contributed by atoms with Crippen molar-refractivity contribution in [1.29, 1.82) is 0 Å². The van der Waals surface area contributed by atoms with E-state index in [0.717, 1.165) is 0 Å². The predicted molar refractivity (Wildman–Crippen MR) is 78.6 cm³/mol. The number of aromatic nitrogens is 1. The van der Waals surface area contributed by atoms with Gasteiger partial charge in [0.15, 0.2) is 0 Å². The highest BCUT2D eigenvalue weighted by Gasteiger charge is 2.26. The van der Waals surface area contributed by atoms with Gasteiger partial charge in [0.25, 0.3) is 0 Å². The van der Waals surface area contributed by atoms with E-state index in [2.05, 4.69) is 67.7 Å². The number of hydrogen-bond acceptors (Lipinski definition) is 1. The van der Waals surface area contributed by atoms with E-state index in [4.69, 9.17) is 0 Å². The topological polar surface area (TPSA) is 12.9 Å². The second-order valence-corrected chi connectivity index (χ2v) is 7.24. The number of halogens is 1. The predicted octanol–water partition coefficient (Wildman–Crippen LogP) is 5.02. The van der Waals surface area contributed by atoms with Gasteiger partial charge >= 0.3 is 0 Å². The Balaban J connectivity index is 2.62. The van der Waals surface area contributed by atoms with E-state index < -0.39 is 0 Å². The zero-order chi connectivity index (χ0) is 13.1. The van der Waals surface area contributed by atoms with Crippen molar-refractivity contribution in [2.24, 2.45) is 11.3 Å². The minimum Gasteiger partial charge on any atom is -0.261 e. The first kappa shape index (κ1) is 14.7. The summed E-state index contributed by atoms with van der Waals surface area (Å²) in [6, 6.07) is 6.14. The van der Waals surface area contributed by atoms with Crippen LogP contribution in [-0.2, 0) is 0 Å². The lowest BCUT2D eigenvalue weighted by Gasteiger charge is -2.30. The minimum atomic E-state index is 0.371. The maximum Gasteiger partial charge on any atom is 0.0442 e. The van der Waals surface area contributed by atoms with Gasteiger partial charge in [-0.2, -0.15) is 0 Å². The highest BCUT2D eigenvalue weighted by atomic mass is 79.9. The lowest BCUT2D eigenvalue weighted by molar-refractivity contribution is 0.242. The highest BCUT2D eigenvalue weighted by molar-refractivity contribution is 9.09. The zero-order valence-electron chi connectivity index (χ0n) is 11.6. The molecule has 0 amide bonds. The Bertz CT molecular complexity index is 329. The summed E-state index contributed by atoms with van der Waals surface area (Å²) in [5, 5.41) is 0. The summed E-state index contributed by atoms with van der Waals surface area (Å²) in [4.78, 5) is 4.93. The van der Waals surface area contributed by atoms with Crippen molar-refractivity contribution in [2.45, 2.75) is 51.8 Å². The molecule has 0 fully saturated rings. The smallest absolute Gasteiger partial charge is 0.0442 e. The van der Waals surface area contributed by atoms with Crippen molar-refractivity contribution in [3.63, 3.8) is 0 Å². The van der Waals surface area contributed by atoms with Gasteiger partial charge in [-0.15, -0.1) is 0 Å². The van der Waals surface area contributed by atoms with E-state index in [9.17, 15) is 0 Å². The van der Waals surface area contributed by atoms with Crippen molar-refractivity contribution in [1.82, 2.24) is 4.98 Å². The molecule has 2 heteroatoms. The molecule has 1 rings (SSSR count). The Morgan fingerprint density at radius 1 is 1.24 bits per heavy atom. The van der Waals surface area contributed by atoms with Crippen LogP contribution in [0.15, 0.2) is 24.4 Å². The van der Waals surface area contributed by atoms with Crippen molar-refractivity contribution in [3.8, 4) is 0 Å². The molecule has 0 N–H and O–H groups in total. The monoisotopic (exact) mass is 297 g/mol. The van der Waals surface area contributed by atoms with Gasteiger partial charge in [0, 0.05) is 22.6 Å². The number of pyridine rings is 1. The van der Waals surface area contributed by atoms with Gasteiger partial charge in [0.2, 0.25) is 0 Å². The molecule has 0 aliphatic rings. The van der Waals surface area contributed by atoms with E-state index in [-0.39, 0.29) is 0 Å². The normalized spacial score (nSPS) is 17.5. The molecule has 0 aliphatic carbocycles. The van der Waals surface area contributed by atoms with Crippen LogP contribution < -0.4 is 0 Å². The fraction of sp³-hybridized carbons (Fsp3) is 0.667. The molecule has 96 valence electrons. The van der Waals surface area contributed by atoms with Crippen molar-refractivity contribution in [3.05, 3.63) is 30.1 Å². The molecule has 1 aromatic heterocycles. The first-order valence-electron chi connectivity index (χ1n) is 6.37. The summed E-state index contributed by atoms with van der Waals surface area (Å²) >= 11 is 3.83. The molecule has 0 radical (unpaired) electrons. The van der Waals surface area contributed by atoms with E-state index in [1.165, 1.54) is 12.1 Å². The van der Waals surface area contributed by atoms with E-state index in [1.807, 2.05) is 12.3 Å². The van der Waals surface area contributed by atoms with Crippen LogP contribution in [0, 0.1) is 11.3 Å². The summed E-state index contributed by atoms with van der Waals surface area (Å²) in [5.41, 5.74) is 1.55. The Hall–Kier alpha value is -0.370. The average molecular weight is 298 g/mol. The fourth-order valence-electron chi connectivity index (χ4n) is 1.73. The Labute approximate surface area is 114 Å². The Kier molecular flexibility index (Phi) is 5.18. The maximum absolute atomic E-state index is 4.44. The molecular weight excluding hydrogens is 274 g/mol. The number of alkyl halides is 1. The molecule has 3 unspecified atom stereocenters. The minimum absolute atomic E-state index is 0.371. The van der Waals surface area contributed by atoms with Crippen LogP contribution in [0.3, 0.4) is 0 Å². The van der Waals surface area contributed by atoms with Gasteiger partial charge < -0.3 is 0 Å². The Morgan fingerprint density at radius 2 is 1.88 bits per heavy atom. The third-order valence-electron chi connectivity index (χ3n) is 3.75. The molecule has 0 aliphatic heterocycles. The Morgan fingerprint density at radius 3 is 2.35 bits per heavy atom. The summed E-state index contributed by atoms with van der Waals surface area (Å²) in [7, 11) is 0. The quantitative estimate of drug-likeness (QED) is 0.711. The molecule has 3 atom stereocenters. The van der Waals surface area contributed by atoms with E-state index in [1.54, 1.807) is 0 Å². The van der Waals surface area contributed by atoms with Crippen LogP contribution in [0.4, 0.5) is 0 Å². The largest absolute Gasteiger partial charge is 0.261 e. The third-order valence-corrected chi connectivity index (χ3v) is 4.92. The number of hydrogen-bond donors (Lipinski definition) is 0. The molecular formula is C15H24BrN. The SMILES string of the molecule is CC(c1ccccn1)C(Br)CC(C)C(C)(C)C. The number of nitrogens with zero attached hydrogens (tertiary/aromatic N) is 1. The van der Waals surface area contributed by atoms with Crippen molar-refractivity contribution < 1.29 is 0 Å². The third kappa shape index (κ3) is 4.42. The van der Waals surface area contributed by atoms with Crippen LogP contribution in [0.5, 0.6) is 0 Å². The molecule has 1 heterocycles. The van der Waals surface area contributed by atoms with Crippen LogP contribution in [0.25, 0.3) is 0 Å². The van der Waals surface area contributed by atoms with Gasteiger partial charge in [-0.05, 0) is 29.9 Å². The lowest BCUT2D eigenvalue weighted by atomic mass is 9.78. The van der Waals surface area contributed by atoms with Gasteiger partial charge in [-0.3, -0.25) is 4.98 Å². The molecule has 1 aromatic rings. The highest BCUT2D eigenvalue weighted by Crippen LogP contribution is 2.35. The second kappa shape index (κ2) is 5.99. The average Bonchev–Trinajstić information content (AvgIpc) is 2.27. The van der Waals surface area contributed by atoms with Crippen LogP contribution >= 0.6 is 15.9 Å². The summed E-state index contributed by atoms with van der Waals surface area (Å²) in [5.74, 6) is 1.15. The molecule has 0 bridgehead atoms. The fourth-order valence-corrected chi connectivity index (χ4v) is 2.56. The first-order chi connectivity index (χ1) is 7.82. The molecule has 0 aromatic carbocycles. The standard InChI is InChI=1S/C15H24BrN/c1-11(15(3,4)5)10-13(16)12(2)14-8-6-7-9-17-14/h6-9,11-13H,10H2,1-5H3. The molecule has 0 saturated carbocycles. The number of rotatable bonds is 4. The van der Waals surface area contributed by atoms with Crippen LogP contribution in [0.2, 0.25) is 0 Å². The van der Waals surface area contributed by atoms with Crippen molar-refractivity contribution in [2.75, 3.05) is 0 Å². The summed E-state index contributed by atoms with van der Waals surface area (Å²) < 4.78 is 0. The second-order valence-electron chi connectivity index (χ2n) is 6.06. The van der Waals surface area contributed by atoms with E-state index in [0.29, 0.717) is 22.1 Å². The van der Waals surface area contributed by atoms with Gasteiger partial charge in [0.1, 0.15) is 0 Å². The molecule has 17 heavy (non-hydrogen) atoms. The first-order valence-corrected chi connectivity index (χ1v) is 7.29. The van der Waals surface area contributed by atoms with Crippen molar-refractivity contribution >= 4 is 15.9 Å². The van der Waals surface area contributed by atoms with Crippen LogP contribution in [-0.4, -0.2) is 9.81 Å². The molecule has 1 nitrogen and oxygen atoms in total. The molecule has 0 spiro atoms. The summed E-state index contributed by atoms with van der Waals surface area (Å²) in [6.07, 6.45) is 3.06. The van der Waals surface area contributed by atoms with Gasteiger partial charge in [0.05, 0.1) is 0 Å². The van der Waals surface area contributed by atoms with Gasteiger partial charge in [-0.1, -0.05) is 56.6 Å². The lowest BCUT2D eigenvalue weighted by Crippen LogP contribution is -2.23. The van der Waals surface area contributed by atoms with Crippen LogP contribution in [0.1, 0.15) is 52.7 Å². The van der Waals surface area contributed by atoms with Gasteiger partial charge in [-0.25, -0.2) is 0 Å². The summed E-state index contributed by atoms with van der Waals surface area (Å²) in [6.45, 7) is 11.5. The zero-order valence-corrected chi connectivity index (χ0v) is 13.2. The van der Waals surface area contributed by atoms with E-state index >= 15 is 0 Å².